The molecule has 1 unspecified atom stereocenters. The number of likely N-dealkylation sites (tertiary alicyclic amines) is 1. The summed E-state index contributed by atoms with van der Waals surface area (Å²) in [5.74, 6) is 1.68. The number of rotatable bonds is 5. The fourth-order valence-corrected chi connectivity index (χ4v) is 4.26. The molecule has 0 spiro atoms. The van der Waals surface area contributed by atoms with Crippen molar-refractivity contribution in [3.05, 3.63) is 54.6 Å². The lowest BCUT2D eigenvalue weighted by Crippen LogP contribution is -2.35. The molecule has 4 aromatic rings. The molecule has 1 fully saturated rings. The molecule has 1 saturated heterocycles. The minimum Gasteiger partial charge on any atom is -0.444 e. The Balaban J connectivity index is 1.31. The molecule has 1 N–H and O–H groups in total. The van der Waals surface area contributed by atoms with E-state index in [9.17, 15) is 4.79 Å². The van der Waals surface area contributed by atoms with Gasteiger partial charge in [0.05, 0.1) is 29.5 Å². The van der Waals surface area contributed by atoms with E-state index in [-0.39, 0.29) is 12.1 Å². The van der Waals surface area contributed by atoms with Gasteiger partial charge in [0.15, 0.2) is 5.82 Å². The third-order valence-corrected chi connectivity index (χ3v) is 6.26. The molecule has 1 aliphatic heterocycles. The molecule has 5 heterocycles. The number of carbonyl (C=O) groups excluding carboxylic acids is 1. The summed E-state index contributed by atoms with van der Waals surface area (Å²) in [6.07, 6.45) is 7.99. The number of nitrogens with zero attached hydrogens (tertiary/aromatic N) is 7. The molecule has 37 heavy (non-hydrogen) atoms. The normalized spacial score (nSPS) is 15.9. The van der Waals surface area contributed by atoms with E-state index in [0.29, 0.717) is 30.6 Å². The molecule has 0 bridgehead atoms. The van der Waals surface area contributed by atoms with Gasteiger partial charge in [-0.1, -0.05) is 13.8 Å². The number of hydrogen-bond acceptors (Lipinski definition) is 8. The summed E-state index contributed by atoms with van der Waals surface area (Å²) in [5.41, 5.74) is 4.03. The van der Waals surface area contributed by atoms with Crippen molar-refractivity contribution in [3.8, 4) is 11.1 Å². The minimum absolute atomic E-state index is 0.103. The summed E-state index contributed by atoms with van der Waals surface area (Å²) < 4.78 is 7.44. The smallest absolute Gasteiger partial charge is 0.410 e. The maximum atomic E-state index is 12.4. The Morgan fingerprint density at radius 3 is 2.70 bits per heavy atom. The van der Waals surface area contributed by atoms with Gasteiger partial charge in [-0.05, 0) is 62.9 Å². The van der Waals surface area contributed by atoms with Crippen LogP contribution in [-0.4, -0.2) is 59.6 Å². The first-order valence-electron chi connectivity index (χ1n) is 12.5. The number of amides is 1. The van der Waals surface area contributed by atoms with E-state index in [0.717, 1.165) is 34.1 Å². The number of pyridine rings is 2. The van der Waals surface area contributed by atoms with Crippen molar-refractivity contribution in [3.63, 3.8) is 0 Å². The quantitative estimate of drug-likeness (QED) is 0.391. The predicted molar refractivity (Wildman–Crippen MR) is 142 cm³/mol. The van der Waals surface area contributed by atoms with Crippen molar-refractivity contribution in [1.82, 2.24) is 34.8 Å². The van der Waals surface area contributed by atoms with Crippen LogP contribution in [0.1, 0.15) is 58.6 Å². The number of anilines is 2. The average Bonchev–Trinajstić information content (AvgIpc) is 3.53. The largest absolute Gasteiger partial charge is 0.444 e. The molecule has 0 radical (unpaired) electrons. The molecule has 0 aromatic carbocycles. The van der Waals surface area contributed by atoms with Crippen LogP contribution in [0.25, 0.3) is 22.2 Å². The first-order valence-corrected chi connectivity index (χ1v) is 12.5. The van der Waals surface area contributed by atoms with Gasteiger partial charge in [-0.2, -0.15) is 10.2 Å². The number of fused-ring (bicyclic) bond motifs is 1. The van der Waals surface area contributed by atoms with Gasteiger partial charge in [-0.3, -0.25) is 9.67 Å². The van der Waals surface area contributed by atoms with Crippen LogP contribution in [0.4, 0.5) is 16.4 Å². The van der Waals surface area contributed by atoms with Crippen molar-refractivity contribution in [2.45, 2.75) is 58.6 Å². The van der Waals surface area contributed by atoms with Gasteiger partial charge >= 0.3 is 6.09 Å². The van der Waals surface area contributed by atoms with Crippen molar-refractivity contribution in [1.29, 1.82) is 0 Å². The first kappa shape index (κ1) is 24.6. The number of aromatic nitrogens is 6. The molecule has 10 nitrogen and oxygen atoms in total. The SMILES string of the molecule is CC(C)c1cnnc(Nc2ccc3ncc(-c4cnn(C5CCN(C(=O)OC(C)(C)C)C5)c4)cc3n2)c1. The van der Waals surface area contributed by atoms with E-state index < -0.39 is 5.60 Å². The molecule has 1 aliphatic rings. The predicted octanol–water partition coefficient (Wildman–Crippen LogP) is 5.33. The summed E-state index contributed by atoms with van der Waals surface area (Å²) >= 11 is 0. The lowest BCUT2D eigenvalue weighted by atomic mass is 10.1. The Morgan fingerprint density at radius 1 is 1.08 bits per heavy atom. The number of carbonyl (C=O) groups is 1. The Labute approximate surface area is 216 Å². The summed E-state index contributed by atoms with van der Waals surface area (Å²) in [4.78, 5) is 23.5. The van der Waals surface area contributed by atoms with E-state index in [2.05, 4.69) is 39.4 Å². The summed E-state index contributed by atoms with van der Waals surface area (Å²) in [5, 5.41) is 16.1. The average molecular weight is 501 g/mol. The highest BCUT2D eigenvalue weighted by Gasteiger charge is 2.31. The topological polar surface area (TPSA) is 111 Å². The zero-order chi connectivity index (χ0) is 26.2. The molecule has 192 valence electrons. The molecule has 4 aromatic heterocycles. The van der Waals surface area contributed by atoms with Gasteiger partial charge in [0.1, 0.15) is 11.4 Å². The summed E-state index contributed by atoms with van der Waals surface area (Å²) in [6, 6.07) is 7.91. The first-order chi connectivity index (χ1) is 17.6. The Hall–Kier alpha value is -4.08. The van der Waals surface area contributed by atoms with Crippen molar-refractivity contribution in [2.24, 2.45) is 0 Å². The zero-order valence-electron chi connectivity index (χ0n) is 21.8. The van der Waals surface area contributed by atoms with Crippen molar-refractivity contribution < 1.29 is 9.53 Å². The molecular formula is C27H32N8O2. The van der Waals surface area contributed by atoms with Crippen molar-refractivity contribution >= 4 is 28.8 Å². The maximum absolute atomic E-state index is 12.4. The number of nitrogens with one attached hydrogen (secondary N) is 1. The van der Waals surface area contributed by atoms with Crippen LogP contribution in [0.2, 0.25) is 0 Å². The number of hydrogen-bond donors (Lipinski definition) is 1. The maximum Gasteiger partial charge on any atom is 0.410 e. The van der Waals surface area contributed by atoms with Gasteiger partial charge in [0.25, 0.3) is 0 Å². The summed E-state index contributed by atoms with van der Waals surface area (Å²) in [6.45, 7) is 11.1. The lowest BCUT2D eigenvalue weighted by molar-refractivity contribution is 0.0288. The molecule has 0 aliphatic carbocycles. The fourth-order valence-electron chi connectivity index (χ4n) is 4.26. The van der Waals surface area contributed by atoms with Crippen molar-refractivity contribution in [2.75, 3.05) is 18.4 Å². The van der Waals surface area contributed by atoms with Crippen LogP contribution >= 0.6 is 0 Å². The molecule has 0 saturated carbocycles. The zero-order valence-corrected chi connectivity index (χ0v) is 21.8. The third kappa shape index (κ3) is 5.68. The fraction of sp³-hybridized carbons (Fsp3) is 0.407. The molecule has 1 amide bonds. The molecule has 10 heteroatoms. The second-order valence-electron chi connectivity index (χ2n) is 10.7. The highest BCUT2D eigenvalue weighted by molar-refractivity contribution is 5.81. The van der Waals surface area contributed by atoms with Crippen LogP contribution in [0.15, 0.2) is 49.1 Å². The lowest BCUT2D eigenvalue weighted by Gasteiger charge is -2.24. The molecule has 1 atom stereocenters. The van der Waals surface area contributed by atoms with Crippen LogP contribution in [0.5, 0.6) is 0 Å². The van der Waals surface area contributed by atoms with Gasteiger partial charge < -0.3 is 15.0 Å². The van der Waals surface area contributed by atoms with Crippen LogP contribution in [0.3, 0.4) is 0 Å². The highest BCUT2D eigenvalue weighted by Crippen LogP contribution is 2.27. The Morgan fingerprint density at radius 2 is 1.92 bits per heavy atom. The van der Waals surface area contributed by atoms with E-state index in [1.807, 2.05) is 68.3 Å². The van der Waals surface area contributed by atoms with Gasteiger partial charge in [0, 0.05) is 36.6 Å². The van der Waals surface area contributed by atoms with E-state index in [1.165, 1.54) is 0 Å². The second kappa shape index (κ2) is 9.76. The second-order valence-corrected chi connectivity index (χ2v) is 10.7. The molecule has 5 rings (SSSR count). The Bertz CT molecular complexity index is 1430. The van der Waals surface area contributed by atoms with Gasteiger partial charge in [-0.25, -0.2) is 9.78 Å². The summed E-state index contributed by atoms with van der Waals surface area (Å²) in [7, 11) is 0. The number of ether oxygens (including phenoxy) is 1. The van der Waals surface area contributed by atoms with E-state index in [4.69, 9.17) is 9.72 Å². The van der Waals surface area contributed by atoms with E-state index in [1.54, 1.807) is 11.1 Å². The van der Waals surface area contributed by atoms with E-state index >= 15 is 0 Å². The van der Waals surface area contributed by atoms with Crippen LogP contribution in [-0.2, 0) is 4.74 Å². The van der Waals surface area contributed by atoms with Gasteiger partial charge in [0.2, 0.25) is 0 Å². The molecular weight excluding hydrogens is 468 g/mol. The highest BCUT2D eigenvalue weighted by atomic mass is 16.6. The van der Waals surface area contributed by atoms with Crippen LogP contribution < -0.4 is 5.32 Å². The standard InChI is InChI=1S/C27H32N8O2/c1-17(2)18-11-25(33-29-13-18)32-24-7-6-22-23(31-24)10-19(12-28-22)20-14-30-35(15-20)21-8-9-34(16-21)26(36)37-27(3,4)5/h6-7,10-15,17,21H,8-9,16H2,1-5H3,(H,31,32,33). The third-order valence-electron chi connectivity index (χ3n) is 6.26. The van der Waals surface area contributed by atoms with Crippen LogP contribution in [0, 0.1) is 0 Å². The Kier molecular flexibility index (Phi) is 6.49. The monoisotopic (exact) mass is 500 g/mol. The minimum atomic E-state index is -0.508. The van der Waals surface area contributed by atoms with Gasteiger partial charge in [-0.15, -0.1) is 5.10 Å².